The molecule has 1 aromatic carbocycles. The van der Waals surface area contributed by atoms with E-state index in [-0.39, 0.29) is 48.6 Å². The zero-order valence-electron chi connectivity index (χ0n) is 20.8. The van der Waals surface area contributed by atoms with Crippen LogP contribution in [0.15, 0.2) is 18.3 Å². The van der Waals surface area contributed by atoms with Gasteiger partial charge in [0.05, 0.1) is 26.3 Å². The van der Waals surface area contributed by atoms with Gasteiger partial charge in [0.1, 0.15) is 17.0 Å². The minimum atomic E-state index is -2.25. The van der Waals surface area contributed by atoms with E-state index in [9.17, 15) is 18.3 Å². The third-order valence-electron chi connectivity index (χ3n) is 5.39. The highest BCUT2D eigenvalue weighted by Crippen LogP contribution is 2.32. The molecular formula is C21H23F3N6O2. The number of nitrogens with one attached hydrogen (secondary N) is 2. The summed E-state index contributed by atoms with van der Waals surface area (Å²) in [5, 5.41) is 15.5. The van der Waals surface area contributed by atoms with Crippen molar-refractivity contribution in [2.75, 3.05) is 23.8 Å². The fraction of sp³-hybridized carbons (Fsp3) is 0.476. The molecule has 2 aliphatic rings. The molecule has 0 bridgehead atoms. The van der Waals surface area contributed by atoms with Crippen molar-refractivity contribution in [1.82, 2.24) is 19.5 Å². The highest BCUT2D eigenvalue weighted by atomic mass is 19.1. The number of aromatic nitrogens is 4. The van der Waals surface area contributed by atoms with Crippen LogP contribution in [0.2, 0.25) is 0 Å². The fourth-order valence-corrected chi connectivity index (χ4v) is 3.81. The Morgan fingerprint density at radius 1 is 1.19 bits per heavy atom. The Hall–Kier alpha value is -2.92. The molecule has 3 N–H and O–H groups in total. The van der Waals surface area contributed by atoms with Crippen molar-refractivity contribution in [2.45, 2.75) is 50.2 Å². The van der Waals surface area contributed by atoms with Gasteiger partial charge in [0, 0.05) is 28.9 Å². The summed E-state index contributed by atoms with van der Waals surface area (Å²) in [6, 6.07) is -0.138. The van der Waals surface area contributed by atoms with Gasteiger partial charge in [-0.05, 0) is 32.0 Å². The van der Waals surface area contributed by atoms with Crippen LogP contribution in [0, 0.1) is 17.5 Å². The lowest BCUT2D eigenvalue weighted by Gasteiger charge is -2.26. The van der Waals surface area contributed by atoms with Gasteiger partial charge in [-0.2, -0.15) is 4.98 Å². The monoisotopic (exact) mass is 452 g/mol. The van der Waals surface area contributed by atoms with Crippen molar-refractivity contribution in [3.05, 3.63) is 35.8 Å². The number of aliphatic hydroxyl groups is 1. The van der Waals surface area contributed by atoms with Gasteiger partial charge in [0.15, 0.2) is 17.3 Å². The van der Waals surface area contributed by atoms with E-state index in [0.29, 0.717) is 25.2 Å². The topological polar surface area (TPSA) is 97.1 Å². The first-order chi connectivity index (χ1) is 17.0. The van der Waals surface area contributed by atoms with Crippen molar-refractivity contribution in [3.63, 3.8) is 0 Å². The molecule has 0 spiro atoms. The lowest BCUT2D eigenvalue weighted by atomic mass is 9.93. The van der Waals surface area contributed by atoms with Gasteiger partial charge in [-0.1, -0.05) is 0 Å². The summed E-state index contributed by atoms with van der Waals surface area (Å²) in [7, 11) is 0. The molecule has 1 aliphatic heterocycles. The van der Waals surface area contributed by atoms with Crippen LogP contribution in [0.5, 0.6) is 0 Å². The van der Waals surface area contributed by atoms with Crippen LogP contribution in [0.25, 0.3) is 11.2 Å². The Kier molecular flexibility index (Phi) is 4.45. The summed E-state index contributed by atoms with van der Waals surface area (Å²) in [6.45, 7) is 0.734. The molecule has 8 nitrogen and oxygen atoms in total. The standard InChI is InChI=1S/C21H23F3N6O2/c22-11-7-15(23)18(16(24)8-11)28-21-27-17-9-25-20(26-12-1-3-14(31)4-2-12)29-19(17)30(21)13-5-6-32-10-13/h7-9,12-14,31H,1-6,10H2,(H,27,28)(H,25,26,29)/i1D2,3D,14D. The summed E-state index contributed by atoms with van der Waals surface area (Å²) in [6.07, 6.45) is -4.30. The maximum absolute atomic E-state index is 14.3. The second-order valence-corrected chi connectivity index (χ2v) is 7.63. The van der Waals surface area contributed by atoms with Crippen molar-refractivity contribution < 1.29 is 28.5 Å². The Morgan fingerprint density at radius 3 is 2.75 bits per heavy atom. The summed E-state index contributed by atoms with van der Waals surface area (Å²) < 4.78 is 81.4. The summed E-state index contributed by atoms with van der Waals surface area (Å²) >= 11 is 0. The Bertz CT molecular complexity index is 1280. The summed E-state index contributed by atoms with van der Waals surface area (Å²) in [5.41, 5.74) is -0.0226. The van der Waals surface area contributed by atoms with Crippen molar-refractivity contribution in [3.8, 4) is 0 Å². The Morgan fingerprint density at radius 2 is 2.00 bits per heavy atom. The Balaban J connectivity index is 1.52. The second-order valence-electron chi connectivity index (χ2n) is 7.63. The van der Waals surface area contributed by atoms with Gasteiger partial charge < -0.3 is 20.5 Å². The number of benzene rings is 1. The molecular weight excluding hydrogens is 425 g/mol. The van der Waals surface area contributed by atoms with Crippen molar-refractivity contribution in [1.29, 1.82) is 0 Å². The van der Waals surface area contributed by atoms with E-state index in [2.05, 4.69) is 25.6 Å². The van der Waals surface area contributed by atoms with Crippen LogP contribution in [0.4, 0.5) is 30.8 Å². The average molecular weight is 452 g/mol. The lowest BCUT2D eigenvalue weighted by Crippen LogP contribution is -2.29. The number of ether oxygens (including phenoxy) is 1. The van der Waals surface area contributed by atoms with Crippen molar-refractivity contribution in [2.24, 2.45) is 0 Å². The van der Waals surface area contributed by atoms with Gasteiger partial charge in [0.25, 0.3) is 0 Å². The number of fused-ring (bicyclic) bond motifs is 1. The first kappa shape index (κ1) is 16.7. The van der Waals surface area contributed by atoms with E-state index in [1.165, 1.54) is 6.20 Å². The van der Waals surface area contributed by atoms with Crippen molar-refractivity contribution >= 4 is 28.7 Å². The third kappa shape index (κ3) is 4.09. The van der Waals surface area contributed by atoms with E-state index >= 15 is 0 Å². The highest BCUT2D eigenvalue weighted by molar-refractivity contribution is 5.76. The third-order valence-corrected chi connectivity index (χ3v) is 5.39. The highest BCUT2D eigenvalue weighted by Gasteiger charge is 2.27. The molecule has 1 aliphatic carbocycles. The molecule has 3 heterocycles. The molecule has 4 unspecified atom stereocenters. The van der Waals surface area contributed by atoms with Gasteiger partial charge in [-0.25, -0.2) is 23.1 Å². The number of rotatable bonds is 5. The second kappa shape index (κ2) is 8.55. The van der Waals surface area contributed by atoms with Gasteiger partial charge in [-0.15, -0.1) is 0 Å². The zero-order valence-corrected chi connectivity index (χ0v) is 16.8. The van der Waals surface area contributed by atoms with E-state index in [1.54, 1.807) is 4.57 Å². The molecule has 1 saturated heterocycles. The van der Waals surface area contributed by atoms with Crippen LogP contribution >= 0.6 is 0 Å². The minimum Gasteiger partial charge on any atom is -0.393 e. The number of hydrogen-bond acceptors (Lipinski definition) is 7. The molecule has 11 heteroatoms. The van der Waals surface area contributed by atoms with E-state index in [4.69, 9.17) is 10.2 Å². The average Bonchev–Trinajstić information content (AvgIpc) is 3.44. The quantitative estimate of drug-likeness (QED) is 0.544. The summed E-state index contributed by atoms with van der Waals surface area (Å²) in [5.74, 6) is -3.28. The van der Waals surface area contributed by atoms with Crippen LogP contribution in [0.3, 0.4) is 0 Å². The predicted octanol–water partition coefficient (Wildman–Crippen LogP) is 3.66. The SMILES string of the molecule is [2H]C1C([2H])(O)CCC(Nc2ncc3nc(Nc4c(F)cc(F)cc4F)n(C4CCOC4)c3n2)C1([2H])[2H]. The first-order valence-electron chi connectivity index (χ1n) is 12.2. The van der Waals surface area contributed by atoms with Crippen LogP contribution in [-0.4, -0.2) is 50.0 Å². The van der Waals surface area contributed by atoms with E-state index in [1.807, 2.05) is 0 Å². The molecule has 170 valence electrons. The van der Waals surface area contributed by atoms with E-state index in [0.717, 1.165) is 0 Å². The maximum atomic E-state index is 14.3. The van der Waals surface area contributed by atoms with Crippen LogP contribution < -0.4 is 10.6 Å². The predicted molar refractivity (Wildman–Crippen MR) is 111 cm³/mol. The van der Waals surface area contributed by atoms with E-state index < -0.39 is 48.0 Å². The van der Waals surface area contributed by atoms with Crippen LogP contribution in [0.1, 0.15) is 43.6 Å². The Labute approximate surface area is 187 Å². The normalized spacial score (nSPS) is 31.6. The van der Waals surface area contributed by atoms with Gasteiger partial charge in [-0.3, -0.25) is 4.57 Å². The molecule has 5 rings (SSSR count). The molecule has 1 saturated carbocycles. The number of hydrogen-bond donors (Lipinski definition) is 3. The maximum Gasteiger partial charge on any atom is 0.224 e. The van der Waals surface area contributed by atoms with Gasteiger partial charge >= 0.3 is 0 Å². The van der Waals surface area contributed by atoms with Crippen LogP contribution in [-0.2, 0) is 4.74 Å². The fourth-order valence-electron chi connectivity index (χ4n) is 3.81. The molecule has 0 radical (unpaired) electrons. The molecule has 4 atom stereocenters. The number of anilines is 3. The number of halogens is 3. The number of imidazole rings is 1. The molecule has 2 fully saturated rings. The van der Waals surface area contributed by atoms with Gasteiger partial charge in [0.2, 0.25) is 11.9 Å². The smallest absolute Gasteiger partial charge is 0.224 e. The molecule has 2 aromatic heterocycles. The number of nitrogens with zero attached hydrogens (tertiary/aromatic N) is 4. The molecule has 0 amide bonds. The summed E-state index contributed by atoms with van der Waals surface area (Å²) in [4.78, 5) is 13.0. The molecule has 3 aromatic rings. The minimum absolute atomic E-state index is 0.0183. The molecule has 32 heavy (non-hydrogen) atoms. The zero-order chi connectivity index (χ0) is 25.8. The lowest BCUT2D eigenvalue weighted by molar-refractivity contribution is 0.126. The largest absolute Gasteiger partial charge is 0.393 e. The first-order valence-corrected chi connectivity index (χ1v) is 10.1.